The summed E-state index contributed by atoms with van der Waals surface area (Å²) in [5.74, 6) is -0.917. The molecule has 0 amide bonds. The third kappa shape index (κ3) is 5.02. The first-order valence-electron chi connectivity index (χ1n) is 9.86. The van der Waals surface area contributed by atoms with Crippen molar-refractivity contribution in [3.8, 4) is 11.5 Å². The van der Waals surface area contributed by atoms with Crippen LogP contribution in [0.4, 0.5) is 5.69 Å². The number of methoxy groups -OCH3 is 1. The lowest BCUT2D eigenvalue weighted by molar-refractivity contribution is -0.385. The van der Waals surface area contributed by atoms with E-state index >= 15 is 0 Å². The number of ether oxygens (including phenoxy) is 2. The van der Waals surface area contributed by atoms with E-state index in [1.807, 2.05) is 0 Å². The van der Waals surface area contributed by atoms with Gasteiger partial charge in [0.2, 0.25) is 15.8 Å². The zero-order valence-electron chi connectivity index (χ0n) is 17.3. The average Bonchev–Trinajstić information content (AvgIpc) is 2.79. The van der Waals surface area contributed by atoms with Crippen molar-refractivity contribution in [2.24, 2.45) is 0 Å². The minimum atomic E-state index is -3.80. The number of nitro benzene ring substituents is 1. The molecule has 9 nitrogen and oxygen atoms in total. The van der Waals surface area contributed by atoms with Crippen LogP contribution in [-0.4, -0.2) is 43.8 Å². The number of carbonyl (C=O) groups excluding carboxylic acids is 1. The minimum Gasteiger partial charge on any atom is -0.496 e. The van der Waals surface area contributed by atoms with Gasteiger partial charge in [0, 0.05) is 13.1 Å². The number of hydrogen-bond donors (Lipinski definition) is 0. The van der Waals surface area contributed by atoms with Gasteiger partial charge in [-0.15, -0.1) is 0 Å². The maximum Gasteiger partial charge on any atom is 0.343 e. The fourth-order valence-electron chi connectivity index (χ4n) is 3.60. The van der Waals surface area contributed by atoms with Gasteiger partial charge in [-0.2, -0.15) is 4.31 Å². The quantitative estimate of drug-likeness (QED) is 0.274. The van der Waals surface area contributed by atoms with E-state index in [4.69, 9.17) is 9.47 Å². The van der Waals surface area contributed by atoms with Crippen LogP contribution in [0.15, 0.2) is 47.4 Å². The van der Waals surface area contributed by atoms with Gasteiger partial charge in [0.25, 0.3) is 0 Å². The molecule has 1 aliphatic carbocycles. The molecule has 0 spiro atoms. The van der Waals surface area contributed by atoms with Gasteiger partial charge >= 0.3 is 11.7 Å². The molecule has 1 aliphatic rings. The number of hydrogen-bond acceptors (Lipinski definition) is 7. The van der Waals surface area contributed by atoms with Crippen molar-refractivity contribution >= 4 is 21.7 Å². The summed E-state index contributed by atoms with van der Waals surface area (Å²) in [5, 5.41) is 11.3. The number of nitro groups is 1. The van der Waals surface area contributed by atoms with Crippen LogP contribution in [0, 0.1) is 10.1 Å². The molecule has 0 bridgehead atoms. The predicted octanol–water partition coefficient (Wildman–Crippen LogP) is 3.78. The van der Waals surface area contributed by atoms with Crippen LogP contribution in [0.5, 0.6) is 11.5 Å². The molecule has 10 heteroatoms. The summed E-state index contributed by atoms with van der Waals surface area (Å²) < 4.78 is 37.6. The lowest BCUT2D eigenvalue weighted by Crippen LogP contribution is -2.38. The third-order valence-corrected chi connectivity index (χ3v) is 7.31. The molecule has 31 heavy (non-hydrogen) atoms. The Balaban J connectivity index is 1.84. The number of sulfonamides is 1. The zero-order valence-corrected chi connectivity index (χ0v) is 18.1. The van der Waals surface area contributed by atoms with Gasteiger partial charge in [-0.25, -0.2) is 13.2 Å². The fourth-order valence-corrected chi connectivity index (χ4v) is 5.06. The molecule has 2 aromatic rings. The van der Waals surface area contributed by atoms with E-state index < -0.39 is 26.6 Å². The summed E-state index contributed by atoms with van der Waals surface area (Å²) in [5.41, 5.74) is -0.461. The van der Waals surface area contributed by atoms with E-state index in [0.717, 1.165) is 38.2 Å². The monoisotopic (exact) mass is 448 g/mol. The van der Waals surface area contributed by atoms with E-state index in [1.165, 1.54) is 47.8 Å². The Kier molecular flexibility index (Phi) is 6.91. The zero-order chi connectivity index (χ0) is 22.6. The molecule has 0 aromatic heterocycles. The summed E-state index contributed by atoms with van der Waals surface area (Å²) in [4.78, 5) is 23.2. The van der Waals surface area contributed by atoms with Gasteiger partial charge in [0.05, 0.1) is 28.6 Å². The molecular weight excluding hydrogens is 424 g/mol. The Labute approximate surface area is 180 Å². The number of benzene rings is 2. The molecule has 1 saturated carbocycles. The van der Waals surface area contributed by atoms with Crippen molar-refractivity contribution in [2.45, 2.75) is 43.0 Å². The largest absolute Gasteiger partial charge is 0.496 e. The molecule has 0 radical (unpaired) electrons. The Morgan fingerprint density at radius 1 is 1.13 bits per heavy atom. The molecule has 0 atom stereocenters. The molecule has 0 heterocycles. The molecule has 2 aromatic carbocycles. The second kappa shape index (κ2) is 9.44. The minimum absolute atomic E-state index is 0.0248. The molecule has 166 valence electrons. The summed E-state index contributed by atoms with van der Waals surface area (Å²) in [6.07, 6.45) is 4.68. The number of esters is 1. The van der Waals surface area contributed by atoms with Crippen molar-refractivity contribution in [1.29, 1.82) is 0 Å². The van der Waals surface area contributed by atoms with Gasteiger partial charge in [-0.05, 0) is 43.2 Å². The first kappa shape index (κ1) is 22.7. The van der Waals surface area contributed by atoms with Crippen molar-refractivity contribution in [2.75, 3.05) is 14.2 Å². The molecule has 0 aliphatic heterocycles. The molecule has 0 saturated heterocycles. The normalized spacial score (nSPS) is 14.9. The van der Waals surface area contributed by atoms with Crippen LogP contribution < -0.4 is 9.47 Å². The van der Waals surface area contributed by atoms with Crippen LogP contribution >= 0.6 is 0 Å². The van der Waals surface area contributed by atoms with Crippen LogP contribution in [0.1, 0.15) is 42.5 Å². The second-order valence-electron chi connectivity index (χ2n) is 7.32. The van der Waals surface area contributed by atoms with E-state index in [2.05, 4.69) is 0 Å². The SMILES string of the molecule is COc1ccc(OC(=O)c2cccc(S(=O)(=O)N(C)C3CCCCC3)c2)c([N+](=O)[O-])c1. The number of nitrogens with zero attached hydrogens (tertiary/aromatic N) is 2. The van der Waals surface area contributed by atoms with E-state index in [0.29, 0.717) is 0 Å². The standard InChI is InChI=1S/C21H24N2O7S/c1-22(16-8-4-3-5-9-16)31(27,28)18-10-6-7-15(13-18)21(24)30-20-12-11-17(29-2)14-19(20)23(25)26/h6-7,10-14,16H,3-5,8-9H2,1-2H3. The van der Waals surface area contributed by atoms with Crippen molar-refractivity contribution in [1.82, 2.24) is 4.31 Å². The summed E-state index contributed by atoms with van der Waals surface area (Å²) >= 11 is 0. The second-order valence-corrected chi connectivity index (χ2v) is 9.32. The van der Waals surface area contributed by atoms with Crippen molar-refractivity contribution in [3.63, 3.8) is 0 Å². The molecule has 0 unspecified atom stereocenters. The lowest BCUT2D eigenvalue weighted by atomic mass is 9.96. The van der Waals surface area contributed by atoms with E-state index in [-0.39, 0.29) is 28.0 Å². The smallest absolute Gasteiger partial charge is 0.343 e. The Morgan fingerprint density at radius 2 is 1.84 bits per heavy atom. The molecule has 1 fully saturated rings. The average molecular weight is 448 g/mol. The summed E-state index contributed by atoms with van der Waals surface area (Å²) in [7, 11) is -0.883. The van der Waals surface area contributed by atoms with Crippen molar-refractivity contribution < 1.29 is 27.6 Å². The van der Waals surface area contributed by atoms with Gasteiger partial charge in [-0.1, -0.05) is 25.3 Å². The maximum atomic E-state index is 13.0. The maximum absolute atomic E-state index is 13.0. The highest BCUT2D eigenvalue weighted by atomic mass is 32.2. The molecular formula is C21H24N2O7S. The third-order valence-electron chi connectivity index (χ3n) is 5.40. The Morgan fingerprint density at radius 3 is 2.48 bits per heavy atom. The van der Waals surface area contributed by atoms with Crippen molar-refractivity contribution in [3.05, 3.63) is 58.1 Å². The summed E-state index contributed by atoms with van der Waals surface area (Å²) in [6, 6.07) is 9.24. The van der Waals surface area contributed by atoms with Crippen LogP contribution in [0.25, 0.3) is 0 Å². The summed E-state index contributed by atoms with van der Waals surface area (Å²) in [6.45, 7) is 0. The topological polar surface area (TPSA) is 116 Å². The molecule has 0 N–H and O–H groups in total. The van der Waals surface area contributed by atoms with Crippen LogP contribution in [0.3, 0.4) is 0 Å². The molecule has 3 rings (SSSR count). The number of carbonyl (C=O) groups is 1. The lowest BCUT2D eigenvalue weighted by Gasteiger charge is -2.30. The van der Waals surface area contributed by atoms with E-state index in [9.17, 15) is 23.3 Å². The predicted molar refractivity (Wildman–Crippen MR) is 113 cm³/mol. The van der Waals surface area contributed by atoms with Gasteiger partial charge in [-0.3, -0.25) is 10.1 Å². The first-order valence-corrected chi connectivity index (χ1v) is 11.3. The van der Waals surface area contributed by atoms with Gasteiger partial charge in [0.15, 0.2) is 0 Å². The highest BCUT2D eigenvalue weighted by molar-refractivity contribution is 7.89. The van der Waals surface area contributed by atoms with Gasteiger partial charge < -0.3 is 9.47 Å². The fraction of sp³-hybridized carbons (Fsp3) is 0.381. The van der Waals surface area contributed by atoms with Crippen LogP contribution in [0.2, 0.25) is 0 Å². The highest BCUT2D eigenvalue weighted by Crippen LogP contribution is 2.32. The van der Waals surface area contributed by atoms with E-state index in [1.54, 1.807) is 7.05 Å². The Bertz CT molecular complexity index is 1080. The van der Waals surface area contributed by atoms with Gasteiger partial charge in [0.1, 0.15) is 5.75 Å². The highest BCUT2D eigenvalue weighted by Gasteiger charge is 2.30. The first-order chi connectivity index (χ1) is 14.7. The Hall–Kier alpha value is -2.98. The number of rotatable bonds is 7. The van der Waals surface area contributed by atoms with Crippen LogP contribution in [-0.2, 0) is 10.0 Å².